The smallest absolute Gasteiger partial charge is 0.120 e. The maximum absolute atomic E-state index is 5.75. The van der Waals surface area contributed by atoms with Gasteiger partial charge in [-0.25, -0.2) is 0 Å². The van der Waals surface area contributed by atoms with Crippen LogP contribution in [0.1, 0.15) is 50.3 Å². The monoisotopic (exact) mass is 259 g/mol. The van der Waals surface area contributed by atoms with Gasteiger partial charge in [0, 0.05) is 6.04 Å². The first-order valence-corrected chi connectivity index (χ1v) is 7.45. The highest BCUT2D eigenvalue weighted by molar-refractivity contribution is 5.39. The lowest BCUT2D eigenvalue weighted by Crippen LogP contribution is -2.25. The highest BCUT2D eigenvalue weighted by Crippen LogP contribution is 2.32. The average Bonchev–Trinajstić information content (AvgIpc) is 2.45. The zero-order valence-electron chi connectivity index (χ0n) is 12.1. The molecule has 1 aromatic carbocycles. The van der Waals surface area contributed by atoms with E-state index in [1.54, 1.807) is 0 Å². The Hall–Kier alpha value is -1.28. The normalized spacial score (nSPS) is 18.5. The molecule has 0 aliphatic heterocycles. The lowest BCUT2D eigenvalue weighted by atomic mass is 9.87. The van der Waals surface area contributed by atoms with E-state index >= 15 is 0 Å². The van der Waals surface area contributed by atoms with Crippen molar-refractivity contribution in [2.24, 2.45) is 0 Å². The highest BCUT2D eigenvalue weighted by atomic mass is 16.5. The van der Waals surface area contributed by atoms with Crippen molar-refractivity contribution >= 4 is 0 Å². The Morgan fingerprint density at radius 1 is 1.42 bits per heavy atom. The van der Waals surface area contributed by atoms with E-state index in [0.29, 0.717) is 12.6 Å². The van der Waals surface area contributed by atoms with Crippen LogP contribution in [0.25, 0.3) is 0 Å². The van der Waals surface area contributed by atoms with E-state index in [-0.39, 0.29) is 0 Å². The summed E-state index contributed by atoms with van der Waals surface area (Å²) in [6.45, 7) is 5.98. The Labute approximate surface area is 116 Å². The highest BCUT2D eigenvalue weighted by Gasteiger charge is 2.19. The van der Waals surface area contributed by atoms with Gasteiger partial charge in [-0.3, -0.25) is 0 Å². The van der Waals surface area contributed by atoms with Crippen molar-refractivity contribution in [2.45, 2.75) is 45.6 Å². The van der Waals surface area contributed by atoms with Gasteiger partial charge in [-0.05, 0) is 62.4 Å². The molecule has 1 N–H and O–H groups in total. The topological polar surface area (TPSA) is 21.3 Å². The minimum atomic E-state index is 0.508. The molecule has 2 nitrogen and oxygen atoms in total. The summed E-state index contributed by atoms with van der Waals surface area (Å²) in [7, 11) is 0. The third-order valence-corrected chi connectivity index (χ3v) is 3.65. The van der Waals surface area contributed by atoms with E-state index in [9.17, 15) is 0 Å². The number of allylic oxidation sites excluding steroid dienone is 1. The number of hydrogen-bond acceptors (Lipinski definition) is 2. The Morgan fingerprint density at radius 3 is 3.11 bits per heavy atom. The Balaban J connectivity index is 2.10. The molecule has 0 radical (unpaired) electrons. The van der Waals surface area contributed by atoms with Crippen molar-refractivity contribution in [2.75, 3.05) is 13.2 Å². The van der Waals surface area contributed by atoms with Crippen LogP contribution in [-0.4, -0.2) is 13.2 Å². The van der Waals surface area contributed by atoms with E-state index in [1.807, 2.05) is 19.1 Å². The van der Waals surface area contributed by atoms with Gasteiger partial charge in [0.25, 0.3) is 0 Å². The molecule has 0 spiro atoms. The van der Waals surface area contributed by atoms with Gasteiger partial charge in [0.15, 0.2) is 0 Å². The summed E-state index contributed by atoms with van der Waals surface area (Å²) < 4.78 is 5.75. The standard InChI is InChI=1S/C17H25NO/c1-3-5-12-19-15-10-9-14-7-6-8-17(16(14)13-15)18-11-4-2/h3,5,9-10,13,17-18H,4,6-8,11-12H2,1-2H3/b5-3+. The fraction of sp³-hybridized carbons (Fsp3) is 0.529. The maximum Gasteiger partial charge on any atom is 0.120 e. The van der Waals surface area contributed by atoms with Gasteiger partial charge in [0.1, 0.15) is 12.4 Å². The molecule has 0 amide bonds. The molecule has 0 aromatic heterocycles. The van der Waals surface area contributed by atoms with E-state index in [1.165, 1.54) is 36.8 Å². The van der Waals surface area contributed by atoms with E-state index in [4.69, 9.17) is 4.74 Å². The first kappa shape index (κ1) is 14.1. The second-order valence-electron chi connectivity index (χ2n) is 5.14. The molecule has 1 aromatic rings. The molecular weight excluding hydrogens is 234 g/mol. The fourth-order valence-electron chi connectivity index (χ4n) is 2.64. The van der Waals surface area contributed by atoms with Crippen LogP contribution in [0.3, 0.4) is 0 Å². The van der Waals surface area contributed by atoms with Crippen molar-refractivity contribution < 1.29 is 4.74 Å². The summed E-state index contributed by atoms with van der Waals surface area (Å²) in [4.78, 5) is 0. The van der Waals surface area contributed by atoms with Gasteiger partial charge < -0.3 is 10.1 Å². The lowest BCUT2D eigenvalue weighted by Gasteiger charge is -2.27. The third-order valence-electron chi connectivity index (χ3n) is 3.65. The molecule has 0 bridgehead atoms. The van der Waals surface area contributed by atoms with Crippen LogP contribution in [0.2, 0.25) is 0 Å². The molecule has 19 heavy (non-hydrogen) atoms. The maximum atomic E-state index is 5.75. The van der Waals surface area contributed by atoms with Crippen LogP contribution in [0.15, 0.2) is 30.4 Å². The van der Waals surface area contributed by atoms with Crippen molar-refractivity contribution in [3.63, 3.8) is 0 Å². The number of fused-ring (bicyclic) bond motifs is 1. The molecule has 1 aliphatic carbocycles. The first-order chi connectivity index (χ1) is 9.35. The van der Waals surface area contributed by atoms with E-state index in [0.717, 1.165) is 12.3 Å². The second kappa shape index (κ2) is 7.34. The van der Waals surface area contributed by atoms with Crippen LogP contribution in [0.4, 0.5) is 0 Å². The molecule has 104 valence electrons. The van der Waals surface area contributed by atoms with Crippen LogP contribution in [0, 0.1) is 0 Å². The zero-order chi connectivity index (χ0) is 13.5. The Kier molecular flexibility index (Phi) is 5.46. The average molecular weight is 259 g/mol. The molecule has 1 unspecified atom stereocenters. The van der Waals surface area contributed by atoms with Gasteiger partial charge in [-0.2, -0.15) is 0 Å². The van der Waals surface area contributed by atoms with E-state index < -0.39 is 0 Å². The number of rotatable bonds is 6. The van der Waals surface area contributed by atoms with Crippen molar-refractivity contribution in [3.8, 4) is 5.75 Å². The summed E-state index contributed by atoms with van der Waals surface area (Å²) in [6, 6.07) is 7.07. The Bertz CT molecular complexity index is 425. The minimum Gasteiger partial charge on any atom is -0.490 e. The Morgan fingerprint density at radius 2 is 2.32 bits per heavy atom. The molecule has 0 fully saturated rings. The third kappa shape index (κ3) is 3.84. The van der Waals surface area contributed by atoms with Gasteiger partial charge in [0.05, 0.1) is 0 Å². The first-order valence-electron chi connectivity index (χ1n) is 7.45. The molecule has 0 saturated heterocycles. The molecular formula is C17H25NO. The predicted molar refractivity (Wildman–Crippen MR) is 80.7 cm³/mol. The molecule has 1 aliphatic rings. The van der Waals surface area contributed by atoms with Crippen LogP contribution >= 0.6 is 0 Å². The SMILES string of the molecule is C/C=C/COc1ccc2c(c1)C(NCCC)CCC2. The molecule has 0 saturated carbocycles. The van der Waals surface area contributed by atoms with Gasteiger partial charge in [-0.1, -0.05) is 25.1 Å². The molecule has 2 rings (SSSR count). The van der Waals surface area contributed by atoms with Gasteiger partial charge >= 0.3 is 0 Å². The lowest BCUT2D eigenvalue weighted by molar-refractivity contribution is 0.360. The summed E-state index contributed by atoms with van der Waals surface area (Å²) in [5, 5.41) is 3.65. The predicted octanol–water partition coefficient (Wildman–Crippen LogP) is 4.02. The molecule has 2 heteroatoms. The van der Waals surface area contributed by atoms with Crippen LogP contribution in [0.5, 0.6) is 5.75 Å². The quantitative estimate of drug-likeness (QED) is 0.779. The number of aryl methyl sites for hydroxylation is 1. The number of ether oxygens (including phenoxy) is 1. The van der Waals surface area contributed by atoms with E-state index in [2.05, 4.69) is 30.4 Å². The van der Waals surface area contributed by atoms with Crippen LogP contribution in [-0.2, 0) is 6.42 Å². The summed E-state index contributed by atoms with van der Waals surface area (Å²) in [5.41, 5.74) is 2.93. The minimum absolute atomic E-state index is 0.508. The summed E-state index contributed by atoms with van der Waals surface area (Å²) >= 11 is 0. The zero-order valence-corrected chi connectivity index (χ0v) is 12.1. The van der Waals surface area contributed by atoms with Crippen LogP contribution < -0.4 is 10.1 Å². The van der Waals surface area contributed by atoms with Gasteiger partial charge in [0.2, 0.25) is 0 Å². The number of nitrogens with one attached hydrogen (secondary N) is 1. The summed E-state index contributed by atoms with van der Waals surface area (Å²) in [6.07, 6.45) is 8.97. The largest absolute Gasteiger partial charge is 0.490 e. The summed E-state index contributed by atoms with van der Waals surface area (Å²) in [5.74, 6) is 0.988. The molecule has 0 heterocycles. The second-order valence-corrected chi connectivity index (χ2v) is 5.14. The van der Waals surface area contributed by atoms with Crippen molar-refractivity contribution in [3.05, 3.63) is 41.5 Å². The fourth-order valence-corrected chi connectivity index (χ4v) is 2.64. The number of hydrogen-bond donors (Lipinski definition) is 1. The van der Waals surface area contributed by atoms with Gasteiger partial charge in [-0.15, -0.1) is 0 Å². The van der Waals surface area contributed by atoms with Crippen molar-refractivity contribution in [1.29, 1.82) is 0 Å². The number of benzene rings is 1. The molecule has 1 atom stereocenters. The van der Waals surface area contributed by atoms with Crippen molar-refractivity contribution in [1.82, 2.24) is 5.32 Å².